The van der Waals surface area contributed by atoms with Gasteiger partial charge in [0.05, 0.1) is 24.5 Å². The zero-order valence-corrected chi connectivity index (χ0v) is 17.5. The second-order valence-electron chi connectivity index (χ2n) is 7.05. The Morgan fingerprint density at radius 1 is 1.10 bits per heavy atom. The van der Waals surface area contributed by atoms with E-state index in [9.17, 15) is 0 Å². The molecule has 0 radical (unpaired) electrons. The number of aryl methyl sites for hydroxylation is 1. The van der Waals surface area contributed by atoms with Crippen LogP contribution in [-0.2, 0) is 6.54 Å². The first-order valence-electron chi connectivity index (χ1n) is 9.50. The molecule has 4 rings (SSSR count). The van der Waals surface area contributed by atoms with Gasteiger partial charge in [0.1, 0.15) is 10.8 Å². The van der Waals surface area contributed by atoms with Gasteiger partial charge in [-0.2, -0.15) is 5.10 Å². The number of nitrogens with one attached hydrogen (secondary N) is 2. The lowest BCUT2D eigenvalue weighted by atomic mass is 10.2. The van der Waals surface area contributed by atoms with Crippen LogP contribution in [0.4, 0.5) is 5.69 Å². The van der Waals surface area contributed by atoms with Crippen LogP contribution in [0.1, 0.15) is 24.4 Å². The maximum atomic E-state index is 5.71. The van der Waals surface area contributed by atoms with Crippen LogP contribution in [-0.4, -0.2) is 26.3 Å². The highest BCUT2D eigenvalue weighted by Crippen LogP contribution is 2.28. The molecule has 0 atom stereocenters. The zero-order chi connectivity index (χ0) is 20.2. The molecule has 0 saturated heterocycles. The Labute approximate surface area is 174 Å². The maximum Gasteiger partial charge on any atom is 0.123 e. The van der Waals surface area contributed by atoms with Crippen molar-refractivity contribution < 1.29 is 4.74 Å². The predicted octanol–water partition coefficient (Wildman–Crippen LogP) is 5.30. The molecule has 0 spiro atoms. The molecule has 0 fully saturated rings. The van der Waals surface area contributed by atoms with E-state index in [2.05, 4.69) is 37.6 Å². The predicted molar refractivity (Wildman–Crippen MR) is 117 cm³/mol. The van der Waals surface area contributed by atoms with E-state index in [1.54, 1.807) is 17.5 Å². The summed E-state index contributed by atoms with van der Waals surface area (Å²) in [5, 5.41) is 11.3. The largest absolute Gasteiger partial charge is 0.491 e. The minimum Gasteiger partial charge on any atom is -0.491 e. The number of hydrogen-bond donors (Lipinski definition) is 2. The van der Waals surface area contributed by atoms with Crippen LogP contribution in [0.5, 0.6) is 5.75 Å². The van der Waals surface area contributed by atoms with Gasteiger partial charge in [-0.1, -0.05) is 0 Å². The lowest BCUT2D eigenvalue weighted by molar-refractivity contribution is 0.242. The van der Waals surface area contributed by atoms with Crippen molar-refractivity contribution in [1.29, 1.82) is 0 Å². The number of thiazole rings is 1. The Balaban J connectivity index is 1.43. The van der Waals surface area contributed by atoms with Crippen molar-refractivity contribution in [3.8, 4) is 27.6 Å². The standard InChI is InChI=1S/C22H23N5OS/c1-14(2)28-19-6-4-16(5-7-19)22-24-13-20(29-22)12-23-18-8-15(3)27-21(9-18)17-10-25-26-11-17/h4-11,13-14H,12H2,1-3H3,(H,23,27)(H,25,26). The maximum absolute atomic E-state index is 5.71. The van der Waals surface area contributed by atoms with Crippen LogP contribution < -0.4 is 10.1 Å². The highest BCUT2D eigenvalue weighted by atomic mass is 32.1. The Hall–Kier alpha value is -3.19. The minimum absolute atomic E-state index is 0.171. The van der Waals surface area contributed by atoms with Gasteiger partial charge in [-0.05, 0) is 57.2 Å². The summed E-state index contributed by atoms with van der Waals surface area (Å²) in [5.41, 5.74) is 4.95. The average molecular weight is 406 g/mol. The Kier molecular flexibility index (Phi) is 5.57. The number of aromatic nitrogens is 4. The molecule has 29 heavy (non-hydrogen) atoms. The summed E-state index contributed by atoms with van der Waals surface area (Å²) in [7, 11) is 0. The van der Waals surface area contributed by atoms with E-state index in [1.165, 1.54) is 4.88 Å². The highest BCUT2D eigenvalue weighted by Gasteiger charge is 2.08. The summed E-state index contributed by atoms with van der Waals surface area (Å²) < 4.78 is 5.71. The molecule has 0 aliphatic rings. The topological polar surface area (TPSA) is 75.7 Å². The summed E-state index contributed by atoms with van der Waals surface area (Å²) in [6, 6.07) is 12.2. The first kappa shape index (κ1) is 19.1. The second-order valence-corrected chi connectivity index (χ2v) is 8.16. The van der Waals surface area contributed by atoms with Gasteiger partial charge in [0, 0.05) is 39.8 Å². The van der Waals surface area contributed by atoms with Gasteiger partial charge in [-0.25, -0.2) is 4.98 Å². The molecule has 6 nitrogen and oxygen atoms in total. The lowest BCUT2D eigenvalue weighted by Crippen LogP contribution is -2.05. The first-order valence-corrected chi connectivity index (χ1v) is 10.3. The molecular formula is C22H23N5OS. The monoisotopic (exact) mass is 405 g/mol. The van der Waals surface area contributed by atoms with Gasteiger partial charge >= 0.3 is 0 Å². The fourth-order valence-electron chi connectivity index (χ4n) is 2.97. The van der Waals surface area contributed by atoms with E-state index < -0.39 is 0 Å². The van der Waals surface area contributed by atoms with Crippen molar-refractivity contribution in [1.82, 2.24) is 20.2 Å². The summed E-state index contributed by atoms with van der Waals surface area (Å²) in [4.78, 5) is 10.3. The number of benzene rings is 1. The number of aromatic amines is 1. The van der Waals surface area contributed by atoms with Crippen LogP contribution in [0.2, 0.25) is 0 Å². The number of hydrogen-bond acceptors (Lipinski definition) is 6. The molecule has 0 bridgehead atoms. The molecule has 0 unspecified atom stereocenters. The van der Waals surface area contributed by atoms with E-state index >= 15 is 0 Å². The molecular weight excluding hydrogens is 382 g/mol. The molecule has 2 N–H and O–H groups in total. The fraction of sp³-hybridized carbons (Fsp3) is 0.227. The Morgan fingerprint density at radius 2 is 1.93 bits per heavy atom. The van der Waals surface area contributed by atoms with E-state index in [-0.39, 0.29) is 6.10 Å². The van der Waals surface area contributed by atoms with Gasteiger partial charge in [0.2, 0.25) is 0 Å². The van der Waals surface area contributed by atoms with Crippen molar-refractivity contribution in [2.75, 3.05) is 5.32 Å². The fourth-order valence-corrected chi connectivity index (χ4v) is 3.83. The lowest BCUT2D eigenvalue weighted by Gasteiger charge is -2.09. The third kappa shape index (κ3) is 4.81. The van der Waals surface area contributed by atoms with E-state index in [0.717, 1.165) is 39.0 Å². The first-order chi connectivity index (χ1) is 14.1. The van der Waals surface area contributed by atoms with Crippen molar-refractivity contribution in [3.63, 3.8) is 0 Å². The third-order valence-corrected chi connectivity index (χ3v) is 5.29. The summed E-state index contributed by atoms with van der Waals surface area (Å²) in [5.74, 6) is 0.878. The number of pyridine rings is 1. The van der Waals surface area contributed by atoms with E-state index in [4.69, 9.17) is 4.74 Å². The minimum atomic E-state index is 0.171. The summed E-state index contributed by atoms with van der Waals surface area (Å²) >= 11 is 1.69. The Bertz CT molecular complexity index is 1070. The molecule has 148 valence electrons. The molecule has 0 saturated carbocycles. The molecule has 1 aromatic carbocycles. The molecule has 3 aromatic heterocycles. The number of anilines is 1. The van der Waals surface area contributed by atoms with Crippen molar-refractivity contribution in [2.45, 2.75) is 33.4 Å². The Morgan fingerprint density at radius 3 is 2.66 bits per heavy atom. The molecule has 7 heteroatoms. The summed E-state index contributed by atoms with van der Waals surface area (Å²) in [6.07, 6.45) is 5.72. The highest BCUT2D eigenvalue weighted by molar-refractivity contribution is 7.15. The van der Waals surface area contributed by atoms with Gasteiger partial charge in [0.15, 0.2) is 0 Å². The molecule has 0 aliphatic heterocycles. The van der Waals surface area contributed by atoms with Crippen molar-refractivity contribution in [3.05, 3.63) is 65.6 Å². The van der Waals surface area contributed by atoms with Gasteiger partial charge in [-0.3, -0.25) is 10.1 Å². The van der Waals surface area contributed by atoms with Crippen LogP contribution >= 0.6 is 11.3 Å². The summed E-state index contributed by atoms with van der Waals surface area (Å²) in [6.45, 7) is 6.75. The number of ether oxygens (including phenoxy) is 1. The van der Waals surface area contributed by atoms with Crippen LogP contribution in [0.3, 0.4) is 0 Å². The zero-order valence-electron chi connectivity index (χ0n) is 16.6. The van der Waals surface area contributed by atoms with E-state index in [1.807, 2.05) is 57.4 Å². The van der Waals surface area contributed by atoms with Crippen LogP contribution in [0.15, 0.2) is 55.0 Å². The van der Waals surface area contributed by atoms with Crippen LogP contribution in [0, 0.1) is 6.92 Å². The molecule has 4 aromatic rings. The van der Waals surface area contributed by atoms with Crippen LogP contribution in [0.25, 0.3) is 21.8 Å². The second kappa shape index (κ2) is 8.45. The molecule has 0 amide bonds. The number of nitrogens with zero attached hydrogens (tertiary/aromatic N) is 3. The normalized spacial score (nSPS) is 11.0. The van der Waals surface area contributed by atoms with E-state index in [0.29, 0.717) is 6.54 Å². The molecule has 0 aliphatic carbocycles. The third-order valence-electron chi connectivity index (χ3n) is 4.24. The molecule has 3 heterocycles. The number of H-pyrrole nitrogens is 1. The van der Waals surface area contributed by atoms with Crippen molar-refractivity contribution >= 4 is 17.0 Å². The smallest absolute Gasteiger partial charge is 0.123 e. The van der Waals surface area contributed by atoms with Crippen molar-refractivity contribution in [2.24, 2.45) is 0 Å². The average Bonchev–Trinajstić information content (AvgIpc) is 3.38. The quantitative estimate of drug-likeness (QED) is 0.436. The number of rotatable bonds is 7. The SMILES string of the molecule is Cc1cc(NCc2cnc(-c3ccc(OC(C)C)cc3)s2)cc(-c2cn[nH]c2)n1. The van der Waals surface area contributed by atoms with Gasteiger partial charge < -0.3 is 10.1 Å². The van der Waals surface area contributed by atoms with Gasteiger partial charge in [0.25, 0.3) is 0 Å². The van der Waals surface area contributed by atoms with Gasteiger partial charge in [-0.15, -0.1) is 11.3 Å².